The van der Waals surface area contributed by atoms with E-state index in [2.05, 4.69) is 5.16 Å². The van der Waals surface area contributed by atoms with Crippen LogP contribution in [0.15, 0.2) is 22.6 Å². The molecular weight excluding hydrogens is 356 g/mol. The van der Waals surface area contributed by atoms with Gasteiger partial charge in [-0.05, 0) is 67.9 Å². The quantitative estimate of drug-likeness (QED) is 0.551. The van der Waals surface area contributed by atoms with Gasteiger partial charge in [0.1, 0.15) is 12.4 Å². The first-order chi connectivity index (χ1) is 13.2. The molecular formula is C22H30N2O4. The first kappa shape index (κ1) is 21.7. The molecule has 0 aromatic heterocycles. The molecule has 3 N–H and O–H groups in total. The fraction of sp³-hybridized carbons (Fsp3) is 0.500. The minimum Gasteiger partial charge on any atom is -0.511 e. The van der Waals surface area contributed by atoms with Crippen molar-refractivity contribution in [3.8, 4) is 0 Å². The summed E-state index contributed by atoms with van der Waals surface area (Å²) in [7, 11) is 0. The summed E-state index contributed by atoms with van der Waals surface area (Å²) < 4.78 is 0. The second-order valence-electron chi connectivity index (χ2n) is 7.33. The van der Waals surface area contributed by atoms with Gasteiger partial charge in [-0.15, -0.1) is 0 Å². The number of primary amides is 1. The summed E-state index contributed by atoms with van der Waals surface area (Å²) >= 11 is 0. The average molecular weight is 386 g/mol. The van der Waals surface area contributed by atoms with Gasteiger partial charge in [0.15, 0.2) is 5.78 Å². The predicted octanol–water partition coefficient (Wildman–Crippen LogP) is 3.70. The molecule has 1 aliphatic carbocycles. The van der Waals surface area contributed by atoms with E-state index in [1.807, 2.05) is 40.7 Å². The molecule has 1 unspecified atom stereocenters. The first-order valence-corrected chi connectivity index (χ1v) is 9.73. The number of hydrogen-bond donors (Lipinski definition) is 2. The lowest BCUT2D eigenvalue weighted by Crippen LogP contribution is -2.25. The number of hydrogen-bond acceptors (Lipinski definition) is 5. The zero-order chi connectivity index (χ0) is 21.0. The van der Waals surface area contributed by atoms with Gasteiger partial charge >= 0.3 is 0 Å². The van der Waals surface area contributed by atoms with Gasteiger partial charge in [0.2, 0.25) is 5.91 Å². The van der Waals surface area contributed by atoms with Gasteiger partial charge in [-0.3, -0.25) is 9.59 Å². The molecule has 0 saturated carbocycles. The molecule has 1 aliphatic rings. The summed E-state index contributed by atoms with van der Waals surface area (Å²) in [6.07, 6.45) is 1.30. The van der Waals surface area contributed by atoms with Crippen molar-refractivity contribution in [1.82, 2.24) is 0 Å². The van der Waals surface area contributed by atoms with Crippen molar-refractivity contribution < 1.29 is 19.5 Å². The van der Waals surface area contributed by atoms with Gasteiger partial charge in [-0.2, -0.15) is 0 Å². The van der Waals surface area contributed by atoms with Crippen LogP contribution in [0.25, 0.3) is 0 Å². The van der Waals surface area contributed by atoms with Crippen LogP contribution in [0, 0.1) is 20.8 Å². The van der Waals surface area contributed by atoms with Crippen molar-refractivity contribution in [2.45, 2.75) is 66.2 Å². The summed E-state index contributed by atoms with van der Waals surface area (Å²) in [5.41, 5.74) is 11.1. The van der Waals surface area contributed by atoms with E-state index < -0.39 is 0 Å². The van der Waals surface area contributed by atoms with Gasteiger partial charge in [0, 0.05) is 12.8 Å². The number of nitrogens with two attached hydrogens (primary N) is 1. The highest BCUT2D eigenvalue weighted by atomic mass is 16.6. The van der Waals surface area contributed by atoms with E-state index in [1.54, 1.807) is 0 Å². The molecule has 0 heterocycles. The van der Waals surface area contributed by atoms with Crippen LogP contribution in [0.5, 0.6) is 0 Å². The number of aryl methyl sites for hydroxylation is 2. The zero-order valence-corrected chi connectivity index (χ0v) is 17.4. The number of oxime groups is 1. The standard InChI is InChI=1S/C22H30N2O4/c1-6-17(24-28-7-2)22-18(25)9-15(10-19(22)26)21-13(4)8-12(3)16(14(21)5)11-20(23)27/h8,15,25H,6-7,9-11H2,1-5H3,(H2,23,27). The van der Waals surface area contributed by atoms with E-state index >= 15 is 0 Å². The molecule has 1 amide bonds. The van der Waals surface area contributed by atoms with E-state index in [-0.39, 0.29) is 41.8 Å². The van der Waals surface area contributed by atoms with Crippen molar-refractivity contribution in [3.05, 3.63) is 45.2 Å². The number of nitrogens with zero attached hydrogens (tertiary/aromatic N) is 1. The van der Waals surface area contributed by atoms with Crippen LogP contribution >= 0.6 is 0 Å². The fourth-order valence-electron chi connectivity index (χ4n) is 4.17. The van der Waals surface area contributed by atoms with Crippen LogP contribution < -0.4 is 5.73 Å². The first-order valence-electron chi connectivity index (χ1n) is 9.73. The molecule has 0 aliphatic heterocycles. The average Bonchev–Trinajstić information content (AvgIpc) is 2.60. The summed E-state index contributed by atoms with van der Waals surface area (Å²) in [6.45, 7) is 10.0. The third kappa shape index (κ3) is 4.43. The van der Waals surface area contributed by atoms with Crippen LogP contribution in [0.2, 0.25) is 0 Å². The second-order valence-corrected chi connectivity index (χ2v) is 7.33. The van der Waals surface area contributed by atoms with E-state index in [1.165, 1.54) is 0 Å². The Balaban J connectivity index is 2.47. The van der Waals surface area contributed by atoms with Crippen molar-refractivity contribution >= 4 is 17.4 Å². The highest BCUT2D eigenvalue weighted by molar-refractivity contribution is 6.23. The van der Waals surface area contributed by atoms with E-state index in [0.717, 1.165) is 27.8 Å². The minimum atomic E-state index is -0.384. The number of Topliss-reactive ketones (excluding diaryl/α,β-unsaturated/α-hetero) is 1. The third-order valence-electron chi connectivity index (χ3n) is 5.32. The highest BCUT2D eigenvalue weighted by Crippen LogP contribution is 2.39. The maximum Gasteiger partial charge on any atom is 0.221 e. The Kier molecular flexibility index (Phi) is 7.00. The molecule has 152 valence electrons. The number of allylic oxidation sites excluding steroid dienone is 2. The Labute approximate surface area is 166 Å². The summed E-state index contributed by atoms with van der Waals surface area (Å²) in [4.78, 5) is 29.5. The van der Waals surface area contributed by atoms with Gasteiger partial charge in [-0.1, -0.05) is 18.1 Å². The summed E-state index contributed by atoms with van der Waals surface area (Å²) in [5.74, 6) is -0.610. The normalized spacial score (nSPS) is 17.8. The predicted molar refractivity (Wildman–Crippen MR) is 110 cm³/mol. The van der Waals surface area contributed by atoms with Crippen LogP contribution in [0.4, 0.5) is 0 Å². The molecule has 2 rings (SSSR count). The molecule has 0 spiro atoms. The Morgan fingerprint density at radius 2 is 1.93 bits per heavy atom. The topological polar surface area (TPSA) is 102 Å². The van der Waals surface area contributed by atoms with Crippen molar-refractivity contribution in [2.75, 3.05) is 6.61 Å². The number of ketones is 1. The molecule has 0 radical (unpaired) electrons. The van der Waals surface area contributed by atoms with Gasteiger partial charge in [0.25, 0.3) is 0 Å². The summed E-state index contributed by atoms with van der Waals surface area (Å²) in [5, 5.41) is 14.7. The summed E-state index contributed by atoms with van der Waals surface area (Å²) in [6, 6.07) is 2.02. The minimum absolute atomic E-state index is 0.0531. The maximum absolute atomic E-state index is 12.9. The zero-order valence-electron chi connectivity index (χ0n) is 17.4. The number of carbonyl (C=O) groups excluding carboxylic acids is 2. The lowest BCUT2D eigenvalue weighted by Gasteiger charge is -2.28. The van der Waals surface area contributed by atoms with E-state index in [0.29, 0.717) is 25.2 Å². The molecule has 1 aromatic rings. The van der Waals surface area contributed by atoms with Crippen molar-refractivity contribution in [3.63, 3.8) is 0 Å². The highest BCUT2D eigenvalue weighted by Gasteiger charge is 2.33. The smallest absolute Gasteiger partial charge is 0.221 e. The fourth-order valence-corrected chi connectivity index (χ4v) is 4.17. The van der Waals surface area contributed by atoms with Gasteiger partial charge < -0.3 is 15.7 Å². The molecule has 1 aromatic carbocycles. The SMILES string of the molecule is CCON=C(CC)C1=C(O)CC(c2c(C)cc(C)c(CC(N)=O)c2C)CC1=O. The number of amides is 1. The van der Waals surface area contributed by atoms with Crippen LogP contribution in [0.1, 0.15) is 66.8 Å². The number of benzene rings is 1. The van der Waals surface area contributed by atoms with E-state index in [9.17, 15) is 14.7 Å². The van der Waals surface area contributed by atoms with Gasteiger partial charge in [-0.25, -0.2) is 0 Å². The second kappa shape index (κ2) is 9.04. The number of rotatable bonds is 7. The van der Waals surface area contributed by atoms with Crippen LogP contribution in [-0.2, 0) is 20.8 Å². The third-order valence-corrected chi connectivity index (χ3v) is 5.32. The van der Waals surface area contributed by atoms with Crippen molar-refractivity contribution in [1.29, 1.82) is 0 Å². The Morgan fingerprint density at radius 3 is 2.46 bits per heavy atom. The lowest BCUT2D eigenvalue weighted by atomic mass is 9.76. The number of aliphatic hydroxyl groups is 1. The monoisotopic (exact) mass is 386 g/mol. The molecule has 0 saturated heterocycles. The molecule has 28 heavy (non-hydrogen) atoms. The Bertz CT molecular complexity index is 853. The lowest BCUT2D eigenvalue weighted by molar-refractivity contribution is -0.117. The van der Waals surface area contributed by atoms with Crippen LogP contribution in [0.3, 0.4) is 0 Å². The Morgan fingerprint density at radius 1 is 1.25 bits per heavy atom. The number of carbonyl (C=O) groups is 2. The molecule has 6 heteroatoms. The van der Waals surface area contributed by atoms with Gasteiger partial charge in [0.05, 0.1) is 17.7 Å². The molecule has 0 bridgehead atoms. The van der Waals surface area contributed by atoms with Crippen LogP contribution in [-0.4, -0.2) is 29.1 Å². The molecule has 1 atom stereocenters. The molecule has 0 fully saturated rings. The Hall–Kier alpha value is -2.63. The molecule has 6 nitrogen and oxygen atoms in total. The largest absolute Gasteiger partial charge is 0.511 e. The number of aliphatic hydroxyl groups excluding tert-OH is 1. The maximum atomic E-state index is 12.9. The van der Waals surface area contributed by atoms with E-state index in [4.69, 9.17) is 10.6 Å². The van der Waals surface area contributed by atoms with Crippen molar-refractivity contribution in [2.24, 2.45) is 10.9 Å².